The van der Waals surface area contributed by atoms with Gasteiger partial charge in [0.1, 0.15) is 12.6 Å². The molecule has 3 rings (SSSR count). The Morgan fingerprint density at radius 3 is 2.14 bits per heavy atom. The number of benzene rings is 3. The van der Waals surface area contributed by atoms with Crippen LogP contribution in [-0.4, -0.2) is 44.3 Å². The van der Waals surface area contributed by atoms with Crippen molar-refractivity contribution >= 4 is 50.7 Å². The zero-order valence-electron chi connectivity index (χ0n) is 24.8. The van der Waals surface area contributed by atoms with Gasteiger partial charge in [-0.15, -0.1) is 0 Å². The predicted octanol–water partition coefficient (Wildman–Crippen LogP) is 6.84. The molecular formula is C32H39Cl2N3O4S. The summed E-state index contributed by atoms with van der Waals surface area (Å²) in [6.45, 7) is 9.48. The first-order valence-corrected chi connectivity index (χ1v) is 16.3. The third-order valence-electron chi connectivity index (χ3n) is 7.06. The Labute approximate surface area is 259 Å². The van der Waals surface area contributed by atoms with Crippen LogP contribution >= 0.6 is 23.2 Å². The minimum Gasteiger partial charge on any atom is -0.354 e. The van der Waals surface area contributed by atoms with Crippen molar-refractivity contribution in [3.63, 3.8) is 0 Å². The molecule has 10 heteroatoms. The summed E-state index contributed by atoms with van der Waals surface area (Å²) in [7, 11) is -4.14. The molecule has 0 aromatic heterocycles. The predicted molar refractivity (Wildman–Crippen MR) is 171 cm³/mol. The number of hydrogen-bond acceptors (Lipinski definition) is 4. The van der Waals surface area contributed by atoms with Gasteiger partial charge in [0.05, 0.1) is 20.6 Å². The van der Waals surface area contributed by atoms with Gasteiger partial charge in [0.2, 0.25) is 11.8 Å². The fourth-order valence-corrected chi connectivity index (χ4v) is 6.50. The molecule has 0 heterocycles. The Morgan fingerprint density at radius 2 is 1.55 bits per heavy atom. The number of hydrogen-bond donors (Lipinski definition) is 1. The van der Waals surface area contributed by atoms with Gasteiger partial charge < -0.3 is 10.2 Å². The molecular weight excluding hydrogens is 593 g/mol. The minimum absolute atomic E-state index is 0.0424. The summed E-state index contributed by atoms with van der Waals surface area (Å²) >= 11 is 12.4. The molecule has 42 heavy (non-hydrogen) atoms. The van der Waals surface area contributed by atoms with E-state index < -0.39 is 28.5 Å². The van der Waals surface area contributed by atoms with Crippen LogP contribution in [0.3, 0.4) is 0 Å². The molecule has 0 spiro atoms. The van der Waals surface area contributed by atoms with E-state index in [0.29, 0.717) is 39.8 Å². The fourth-order valence-electron chi connectivity index (χ4n) is 4.70. The number of aryl methyl sites for hydroxylation is 3. The molecule has 3 aromatic rings. The molecule has 0 bridgehead atoms. The van der Waals surface area contributed by atoms with Gasteiger partial charge in [-0.1, -0.05) is 84.9 Å². The van der Waals surface area contributed by atoms with Gasteiger partial charge in [-0.2, -0.15) is 0 Å². The largest absolute Gasteiger partial charge is 0.354 e. The highest BCUT2D eigenvalue weighted by atomic mass is 35.5. The van der Waals surface area contributed by atoms with E-state index in [1.54, 1.807) is 36.4 Å². The SMILES string of the molecule is CCCCNC(=O)C(CC)N(Cc1ccc(Cl)c(Cl)c1)C(=O)CN(c1ccc(C)cc1C)S(=O)(=O)c1ccc(C)cc1. The summed E-state index contributed by atoms with van der Waals surface area (Å²) in [4.78, 5) is 29.0. The van der Waals surface area contributed by atoms with Crippen LogP contribution in [-0.2, 0) is 26.2 Å². The smallest absolute Gasteiger partial charge is 0.264 e. The number of sulfonamides is 1. The zero-order chi connectivity index (χ0) is 31.0. The van der Waals surface area contributed by atoms with Crippen LogP contribution in [0.15, 0.2) is 65.6 Å². The van der Waals surface area contributed by atoms with Crippen molar-refractivity contribution in [2.24, 2.45) is 0 Å². The number of rotatable bonds is 13. The molecule has 0 fully saturated rings. The van der Waals surface area contributed by atoms with E-state index in [-0.39, 0.29) is 17.3 Å². The van der Waals surface area contributed by atoms with Gasteiger partial charge >= 0.3 is 0 Å². The van der Waals surface area contributed by atoms with Crippen molar-refractivity contribution in [2.45, 2.75) is 71.4 Å². The monoisotopic (exact) mass is 631 g/mol. The lowest BCUT2D eigenvalue weighted by atomic mass is 10.1. The Hall–Kier alpha value is -3.07. The quantitative estimate of drug-likeness (QED) is 0.209. The van der Waals surface area contributed by atoms with Crippen molar-refractivity contribution in [3.05, 3.63) is 93.0 Å². The molecule has 2 amide bonds. The fraction of sp³-hybridized carbons (Fsp3) is 0.375. The third-order valence-corrected chi connectivity index (χ3v) is 9.57. The first-order chi connectivity index (χ1) is 19.9. The Bertz CT molecular complexity index is 1510. The standard InChI is InChI=1S/C32H39Cl2N3O4S/c1-6-8-17-35-32(39)29(7-2)36(20-25-12-15-27(33)28(34)19-25)31(38)21-37(30-16-11-23(4)18-24(30)5)42(40,41)26-13-9-22(3)10-14-26/h9-16,18-19,29H,6-8,17,20-21H2,1-5H3,(H,35,39). The van der Waals surface area contributed by atoms with E-state index in [1.807, 2.05) is 46.8 Å². The number of carbonyl (C=O) groups excluding carboxylic acids is 2. The van der Waals surface area contributed by atoms with E-state index in [0.717, 1.165) is 28.3 Å². The maximum atomic E-state index is 14.2. The molecule has 0 saturated carbocycles. The van der Waals surface area contributed by atoms with Crippen molar-refractivity contribution in [1.29, 1.82) is 0 Å². The average Bonchev–Trinajstić information content (AvgIpc) is 2.94. The van der Waals surface area contributed by atoms with E-state index >= 15 is 0 Å². The number of halogens is 2. The van der Waals surface area contributed by atoms with Gasteiger partial charge in [0, 0.05) is 13.1 Å². The summed E-state index contributed by atoms with van der Waals surface area (Å²) in [5.41, 5.74) is 3.64. The van der Waals surface area contributed by atoms with Gasteiger partial charge in [0.25, 0.3) is 10.0 Å². The summed E-state index contributed by atoms with van der Waals surface area (Å²) in [6, 6.07) is 16.1. The molecule has 0 aliphatic rings. The Morgan fingerprint density at radius 1 is 0.881 bits per heavy atom. The van der Waals surface area contributed by atoms with E-state index in [1.165, 1.54) is 17.0 Å². The highest BCUT2D eigenvalue weighted by Gasteiger charge is 2.34. The second-order valence-electron chi connectivity index (χ2n) is 10.5. The second-order valence-corrected chi connectivity index (χ2v) is 13.1. The first kappa shape index (κ1) is 33.4. The minimum atomic E-state index is -4.14. The van der Waals surface area contributed by atoms with Crippen molar-refractivity contribution in [1.82, 2.24) is 10.2 Å². The summed E-state index contributed by atoms with van der Waals surface area (Å²) in [5.74, 6) is -0.812. The number of nitrogens with one attached hydrogen (secondary N) is 1. The van der Waals surface area contributed by atoms with Crippen LogP contribution in [0.4, 0.5) is 5.69 Å². The number of amides is 2. The highest BCUT2D eigenvalue weighted by molar-refractivity contribution is 7.92. The summed E-state index contributed by atoms with van der Waals surface area (Å²) in [6.07, 6.45) is 2.04. The molecule has 1 N–H and O–H groups in total. The molecule has 226 valence electrons. The Kier molecular flexibility index (Phi) is 11.9. The summed E-state index contributed by atoms with van der Waals surface area (Å²) < 4.78 is 29.3. The average molecular weight is 633 g/mol. The van der Waals surface area contributed by atoms with Crippen LogP contribution < -0.4 is 9.62 Å². The lowest BCUT2D eigenvalue weighted by molar-refractivity contribution is -0.140. The topological polar surface area (TPSA) is 86.8 Å². The number of nitrogens with zero attached hydrogens (tertiary/aromatic N) is 2. The van der Waals surface area contributed by atoms with Crippen LogP contribution in [0, 0.1) is 20.8 Å². The molecule has 1 unspecified atom stereocenters. The summed E-state index contributed by atoms with van der Waals surface area (Å²) in [5, 5.41) is 3.61. The first-order valence-electron chi connectivity index (χ1n) is 14.1. The third kappa shape index (κ3) is 8.27. The normalized spacial score (nSPS) is 12.1. The molecule has 0 radical (unpaired) electrons. The second kappa shape index (κ2) is 14.9. The van der Waals surface area contributed by atoms with Crippen molar-refractivity contribution in [3.8, 4) is 0 Å². The van der Waals surface area contributed by atoms with Gasteiger partial charge in [-0.05, 0) is 75.1 Å². The highest BCUT2D eigenvalue weighted by Crippen LogP contribution is 2.29. The lowest BCUT2D eigenvalue weighted by Gasteiger charge is -2.33. The van der Waals surface area contributed by atoms with E-state index in [9.17, 15) is 18.0 Å². The Balaban J connectivity index is 2.08. The van der Waals surface area contributed by atoms with Gasteiger partial charge in [-0.25, -0.2) is 8.42 Å². The molecule has 3 aromatic carbocycles. The van der Waals surface area contributed by atoms with Gasteiger partial charge in [-0.3, -0.25) is 13.9 Å². The van der Waals surface area contributed by atoms with Crippen LogP contribution in [0.2, 0.25) is 10.0 Å². The van der Waals surface area contributed by atoms with E-state index in [4.69, 9.17) is 23.2 Å². The van der Waals surface area contributed by atoms with Crippen LogP contribution in [0.5, 0.6) is 0 Å². The number of unbranched alkanes of at least 4 members (excludes halogenated alkanes) is 1. The molecule has 1 atom stereocenters. The number of anilines is 1. The maximum Gasteiger partial charge on any atom is 0.264 e. The maximum absolute atomic E-state index is 14.2. The van der Waals surface area contributed by atoms with Crippen molar-refractivity contribution < 1.29 is 18.0 Å². The molecule has 0 saturated heterocycles. The zero-order valence-corrected chi connectivity index (χ0v) is 27.1. The lowest BCUT2D eigenvalue weighted by Crippen LogP contribution is -2.52. The van der Waals surface area contributed by atoms with E-state index in [2.05, 4.69) is 5.32 Å². The van der Waals surface area contributed by atoms with Crippen molar-refractivity contribution in [2.75, 3.05) is 17.4 Å². The molecule has 0 aliphatic carbocycles. The van der Waals surface area contributed by atoms with Gasteiger partial charge in [0.15, 0.2) is 0 Å². The number of carbonyl (C=O) groups is 2. The molecule has 7 nitrogen and oxygen atoms in total. The van der Waals surface area contributed by atoms with Crippen LogP contribution in [0.25, 0.3) is 0 Å². The van der Waals surface area contributed by atoms with Crippen LogP contribution in [0.1, 0.15) is 55.4 Å². The molecule has 0 aliphatic heterocycles.